The van der Waals surface area contributed by atoms with Gasteiger partial charge in [-0.1, -0.05) is 19.1 Å². The van der Waals surface area contributed by atoms with Crippen molar-refractivity contribution in [1.82, 2.24) is 15.5 Å². The summed E-state index contributed by atoms with van der Waals surface area (Å²) in [6.45, 7) is 2.56. The average molecular weight is 229 g/mol. The largest absolute Gasteiger partial charge is 0.346 e. The predicted molar refractivity (Wildman–Crippen MR) is 65.6 cm³/mol. The molecule has 4 heteroatoms. The second-order valence-corrected chi connectivity index (χ2v) is 3.82. The van der Waals surface area contributed by atoms with Crippen LogP contribution in [0.15, 0.2) is 36.5 Å². The first kappa shape index (κ1) is 11.4. The molecule has 0 saturated heterocycles. The Hall–Kier alpha value is -2.10. The third-order valence-electron chi connectivity index (χ3n) is 2.62. The van der Waals surface area contributed by atoms with Crippen LogP contribution in [0.25, 0.3) is 0 Å². The monoisotopic (exact) mass is 229 g/mol. The van der Waals surface area contributed by atoms with Gasteiger partial charge in [-0.15, -0.1) is 0 Å². The fourth-order valence-electron chi connectivity index (χ4n) is 1.55. The lowest BCUT2D eigenvalue weighted by Gasteiger charge is -2.04. The van der Waals surface area contributed by atoms with Crippen molar-refractivity contribution >= 4 is 5.91 Å². The van der Waals surface area contributed by atoms with Gasteiger partial charge in [0.05, 0.1) is 12.2 Å². The van der Waals surface area contributed by atoms with Crippen molar-refractivity contribution in [3.8, 4) is 0 Å². The fourth-order valence-corrected chi connectivity index (χ4v) is 1.55. The van der Waals surface area contributed by atoms with E-state index in [1.807, 2.05) is 30.3 Å². The number of nitrogens with zero attached hydrogens (tertiary/aromatic N) is 1. The Kier molecular flexibility index (Phi) is 3.55. The van der Waals surface area contributed by atoms with Crippen LogP contribution in [0.1, 0.15) is 28.5 Å². The zero-order valence-electron chi connectivity index (χ0n) is 9.73. The minimum Gasteiger partial charge on any atom is -0.346 e. The Morgan fingerprint density at radius 2 is 2.06 bits per heavy atom. The number of H-pyrrole nitrogens is 1. The SMILES string of the molecule is CCc1ccc(C(=O)NCc2ccn[nH]2)cc1. The first-order valence-corrected chi connectivity index (χ1v) is 5.65. The first-order chi connectivity index (χ1) is 8.29. The summed E-state index contributed by atoms with van der Waals surface area (Å²) in [6.07, 6.45) is 2.65. The molecule has 0 bridgehead atoms. The summed E-state index contributed by atoms with van der Waals surface area (Å²) in [7, 11) is 0. The highest BCUT2D eigenvalue weighted by Gasteiger charge is 2.04. The number of carbonyl (C=O) groups is 1. The molecule has 1 amide bonds. The van der Waals surface area contributed by atoms with Gasteiger partial charge in [-0.25, -0.2) is 0 Å². The van der Waals surface area contributed by atoms with E-state index in [2.05, 4.69) is 22.4 Å². The number of carbonyl (C=O) groups excluding carboxylic acids is 1. The van der Waals surface area contributed by atoms with Crippen LogP contribution >= 0.6 is 0 Å². The molecule has 2 rings (SSSR count). The number of hydrogen-bond acceptors (Lipinski definition) is 2. The third-order valence-corrected chi connectivity index (χ3v) is 2.62. The molecule has 0 atom stereocenters. The summed E-state index contributed by atoms with van der Waals surface area (Å²) in [5.74, 6) is -0.0674. The Bertz CT molecular complexity index is 474. The molecular formula is C13H15N3O. The average Bonchev–Trinajstić information content (AvgIpc) is 2.89. The first-order valence-electron chi connectivity index (χ1n) is 5.65. The summed E-state index contributed by atoms with van der Waals surface area (Å²) in [5, 5.41) is 9.45. The molecule has 1 aromatic heterocycles. The Morgan fingerprint density at radius 1 is 1.29 bits per heavy atom. The maximum Gasteiger partial charge on any atom is 0.251 e. The van der Waals surface area contributed by atoms with E-state index in [9.17, 15) is 4.79 Å². The molecule has 88 valence electrons. The van der Waals surface area contributed by atoms with E-state index in [1.54, 1.807) is 6.20 Å². The third kappa shape index (κ3) is 2.93. The van der Waals surface area contributed by atoms with Gasteiger partial charge in [-0.05, 0) is 30.2 Å². The summed E-state index contributed by atoms with van der Waals surface area (Å²) in [5.41, 5.74) is 2.81. The van der Waals surface area contributed by atoms with Crippen molar-refractivity contribution in [3.63, 3.8) is 0 Å². The van der Waals surface area contributed by atoms with Crippen LogP contribution in [-0.4, -0.2) is 16.1 Å². The lowest BCUT2D eigenvalue weighted by Crippen LogP contribution is -2.22. The molecule has 0 aliphatic heterocycles. The summed E-state index contributed by atoms with van der Waals surface area (Å²) in [6, 6.07) is 9.49. The van der Waals surface area contributed by atoms with Gasteiger partial charge in [-0.2, -0.15) is 5.10 Å². The molecule has 1 heterocycles. The standard InChI is InChI=1S/C13H15N3O/c1-2-10-3-5-11(6-4-10)13(17)14-9-12-7-8-15-16-12/h3-8H,2,9H2,1H3,(H,14,17)(H,15,16). The number of amides is 1. The number of benzene rings is 1. The lowest BCUT2D eigenvalue weighted by atomic mass is 10.1. The number of aromatic nitrogens is 2. The highest BCUT2D eigenvalue weighted by Crippen LogP contribution is 2.05. The van der Waals surface area contributed by atoms with Gasteiger partial charge in [0.25, 0.3) is 5.91 Å². The van der Waals surface area contributed by atoms with Crippen molar-refractivity contribution in [2.75, 3.05) is 0 Å². The zero-order chi connectivity index (χ0) is 12.1. The maximum atomic E-state index is 11.8. The number of nitrogens with one attached hydrogen (secondary N) is 2. The van der Waals surface area contributed by atoms with Gasteiger partial charge >= 0.3 is 0 Å². The van der Waals surface area contributed by atoms with Gasteiger partial charge in [0.1, 0.15) is 0 Å². The van der Waals surface area contributed by atoms with Crippen LogP contribution in [0.4, 0.5) is 0 Å². The normalized spacial score (nSPS) is 10.2. The van der Waals surface area contributed by atoms with E-state index in [-0.39, 0.29) is 5.91 Å². The Balaban J connectivity index is 1.95. The molecule has 2 N–H and O–H groups in total. The number of hydrogen-bond donors (Lipinski definition) is 2. The van der Waals surface area contributed by atoms with Gasteiger partial charge < -0.3 is 5.32 Å². The van der Waals surface area contributed by atoms with Crippen LogP contribution in [-0.2, 0) is 13.0 Å². The van der Waals surface area contributed by atoms with Crippen LogP contribution in [0.2, 0.25) is 0 Å². The van der Waals surface area contributed by atoms with Crippen molar-refractivity contribution in [3.05, 3.63) is 53.3 Å². The molecule has 2 aromatic rings. The van der Waals surface area contributed by atoms with E-state index < -0.39 is 0 Å². The molecule has 0 aliphatic rings. The smallest absolute Gasteiger partial charge is 0.251 e. The van der Waals surface area contributed by atoms with E-state index in [0.29, 0.717) is 12.1 Å². The van der Waals surface area contributed by atoms with Crippen LogP contribution in [0, 0.1) is 0 Å². The second kappa shape index (κ2) is 5.30. The summed E-state index contributed by atoms with van der Waals surface area (Å²) < 4.78 is 0. The van der Waals surface area contributed by atoms with Gasteiger partial charge in [0.2, 0.25) is 0 Å². The Morgan fingerprint density at radius 3 is 2.65 bits per heavy atom. The molecule has 0 fully saturated rings. The molecule has 4 nitrogen and oxygen atoms in total. The molecular weight excluding hydrogens is 214 g/mol. The van der Waals surface area contributed by atoms with Crippen LogP contribution < -0.4 is 5.32 Å². The molecule has 0 radical (unpaired) electrons. The molecule has 0 saturated carbocycles. The van der Waals surface area contributed by atoms with Crippen molar-refractivity contribution in [1.29, 1.82) is 0 Å². The van der Waals surface area contributed by atoms with E-state index in [0.717, 1.165) is 12.1 Å². The summed E-state index contributed by atoms with van der Waals surface area (Å²) in [4.78, 5) is 11.8. The highest BCUT2D eigenvalue weighted by molar-refractivity contribution is 5.94. The fraction of sp³-hybridized carbons (Fsp3) is 0.231. The van der Waals surface area contributed by atoms with Gasteiger partial charge in [0, 0.05) is 11.8 Å². The minimum atomic E-state index is -0.0674. The molecule has 1 aromatic carbocycles. The van der Waals surface area contributed by atoms with E-state index in [1.165, 1.54) is 5.56 Å². The van der Waals surface area contributed by atoms with E-state index >= 15 is 0 Å². The van der Waals surface area contributed by atoms with Gasteiger partial charge in [-0.3, -0.25) is 9.89 Å². The molecule has 0 aliphatic carbocycles. The Labute approximate surface area is 100 Å². The summed E-state index contributed by atoms with van der Waals surface area (Å²) >= 11 is 0. The number of aromatic amines is 1. The molecule has 0 unspecified atom stereocenters. The van der Waals surface area contributed by atoms with E-state index in [4.69, 9.17) is 0 Å². The van der Waals surface area contributed by atoms with Crippen molar-refractivity contribution < 1.29 is 4.79 Å². The number of rotatable bonds is 4. The highest BCUT2D eigenvalue weighted by atomic mass is 16.1. The molecule has 0 spiro atoms. The topological polar surface area (TPSA) is 57.8 Å². The number of aryl methyl sites for hydroxylation is 1. The lowest BCUT2D eigenvalue weighted by molar-refractivity contribution is 0.0950. The quantitative estimate of drug-likeness (QED) is 0.841. The van der Waals surface area contributed by atoms with Crippen molar-refractivity contribution in [2.45, 2.75) is 19.9 Å². The van der Waals surface area contributed by atoms with Crippen LogP contribution in [0.3, 0.4) is 0 Å². The maximum absolute atomic E-state index is 11.8. The molecule has 17 heavy (non-hydrogen) atoms. The second-order valence-electron chi connectivity index (χ2n) is 3.82. The zero-order valence-corrected chi connectivity index (χ0v) is 9.73. The van der Waals surface area contributed by atoms with Crippen LogP contribution in [0.5, 0.6) is 0 Å². The minimum absolute atomic E-state index is 0.0674. The predicted octanol–water partition coefficient (Wildman–Crippen LogP) is 1.90. The van der Waals surface area contributed by atoms with Crippen molar-refractivity contribution in [2.24, 2.45) is 0 Å². The van der Waals surface area contributed by atoms with Gasteiger partial charge in [0.15, 0.2) is 0 Å².